The van der Waals surface area contributed by atoms with E-state index < -0.39 is 29.6 Å². The second-order valence-electron chi connectivity index (χ2n) is 3.20. The summed E-state index contributed by atoms with van der Waals surface area (Å²) in [6.07, 6.45) is -1.19. The fourth-order valence-corrected chi connectivity index (χ4v) is 1.19. The predicted octanol–water partition coefficient (Wildman–Crippen LogP) is 1.65. The summed E-state index contributed by atoms with van der Waals surface area (Å²) in [5.74, 6) is -4.35. The molecule has 0 fully saturated rings. The van der Waals surface area contributed by atoms with E-state index >= 15 is 0 Å². The first kappa shape index (κ1) is 13.4. The number of esters is 1. The van der Waals surface area contributed by atoms with Crippen molar-refractivity contribution in [1.29, 1.82) is 0 Å². The molecule has 92 valence electrons. The highest BCUT2D eigenvalue weighted by Crippen LogP contribution is 2.21. The molecule has 0 aliphatic carbocycles. The second-order valence-corrected chi connectivity index (χ2v) is 3.60. The van der Waals surface area contributed by atoms with Crippen molar-refractivity contribution < 1.29 is 23.1 Å². The Labute approximate surface area is 100 Å². The molecule has 0 radical (unpaired) electrons. The Morgan fingerprint density at radius 3 is 2.41 bits per heavy atom. The topological polar surface area (TPSA) is 69.4 Å². The summed E-state index contributed by atoms with van der Waals surface area (Å²) in [4.78, 5) is 22.1. The van der Waals surface area contributed by atoms with E-state index in [0.717, 1.165) is 0 Å². The van der Waals surface area contributed by atoms with Crippen molar-refractivity contribution in [2.75, 3.05) is 0 Å². The van der Waals surface area contributed by atoms with E-state index in [4.69, 9.17) is 17.3 Å². The minimum absolute atomic E-state index is 0.314. The minimum atomic E-state index is -1.24. The van der Waals surface area contributed by atoms with Gasteiger partial charge in [0, 0.05) is 0 Å². The quantitative estimate of drug-likeness (QED) is 0.666. The first-order valence-electron chi connectivity index (χ1n) is 4.47. The van der Waals surface area contributed by atoms with Gasteiger partial charge in [-0.2, -0.15) is 0 Å². The lowest BCUT2D eigenvalue weighted by Gasteiger charge is -2.10. The molecule has 1 atom stereocenters. The summed E-state index contributed by atoms with van der Waals surface area (Å²) in [6.45, 7) is 1.24. The smallest absolute Gasteiger partial charge is 0.340 e. The number of carbonyl (C=O) groups is 2. The van der Waals surface area contributed by atoms with Gasteiger partial charge in [-0.25, -0.2) is 13.6 Å². The largest absolute Gasteiger partial charge is 0.449 e. The van der Waals surface area contributed by atoms with Crippen LogP contribution in [-0.2, 0) is 9.53 Å². The fraction of sp³-hybridized carbons (Fsp3) is 0.200. The highest BCUT2D eigenvalue weighted by molar-refractivity contribution is 6.33. The van der Waals surface area contributed by atoms with Gasteiger partial charge in [-0.05, 0) is 19.1 Å². The van der Waals surface area contributed by atoms with Gasteiger partial charge in [-0.1, -0.05) is 11.6 Å². The number of ether oxygens (including phenoxy) is 1. The number of carbonyl (C=O) groups excluding carboxylic acids is 2. The third kappa shape index (κ3) is 3.13. The van der Waals surface area contributed by atoms with Crippen LogP contribution in [0.1, 0.15) is 17.3 Å². The molecule has 1 aromatic carbocycles. The summed E-state index contributed by atoms with van der Waals surface area (Å²) in [5.41, 5.74) is 4.49. The Kier molecular flexibility index (Phi) is 4.01. The summed E-state index contributed by atoms with van der Waals surface area (Å²) >= 11 is 5.54. The maximum Gasteiger partial charge on any atom is 0.340 e. The Morgan fingerprint density at radius 2 is 1.88 bits per heavy atom. The zero-order chi connectivity index (χ0) is 13.2. The zero-order valence-electron chi connectivity index (χ0n) is 8.67. The molecular formula is C10H8ClF2NO3. The van der Waals surface area contributed by atoms with Crippen LogP contribution < -0.4 is 5.73 Å². The standard InChI is InChI=1S/C10H8ClF2NO3/c1-4(9(14)15)17-10(16)5-2-7(12)8(13)3-6(5)11/h2-4H,1H3,(H2,14,15). The number of primary amides is 1. The van der Waals surface area contributed by atoms with E-state index in [2.05, 4.69) is 4.74 Å². The molecule has 0 saturated carbocycles. The minimum Gasteiger partial charge on any atom is -0.449 e. The van der Waals surface area contributed by atoms with E-state index in [-0.39, 0.29) is 10.6 Å². The molecule has 0 aliphatic heterocycles. The van der Waals surface area contributed by atoms with Crippen molar-refractivity contribution in [3.8, 4) is 0 Å². The number of hydrogen-bond donors (Lipinski definition) is 1. The molecule has 1 aromatic rings. The van der Waals surface area contributed by atoms with Crippen molar-refractivity contribution in [1.82, 2.24) is 0 Å². The Hall–Kier alpha value is -1.69. The van der Waals surface area contributed by atoms with Crippen LogP contribution >= 0.6 is 11.6 Å². The number of amides is 1. The summed E-state index contributed by atoms with van der Waals surface area (Å²) in [6, 6.07) is 1.23. The van der Waals surface area contributed by atoms with Gasteiger partial charge in [0.25, 0.3) is 5.91 Å². The highest BCUT2D eigenvalue weighted by Gasteiger charge is 2.20. The number of hydrogen-bond acceptors (Lipinski definition) is 3. The van der Waals surface area contributed by atoms with Gasteiger partial charge in [0.05, 0.1) is 10.6 Å². The van der Waals surface area contributed by atoms with Crippen molar-refractivity contribution >= 4 is 23.5 Å². The highest BCUT2D eigenvalue weighted by atomic mass is 35.5. The Bertz CT molecular complexity index is 479. The maximum absolute atomic E-state index is 12.9. The van der Waals surface area contributed by atoms with Crippen LogP contribution in [0.2, 0.25) is 5.02 Å². The van der Waals surface area contributed by atoms with Crippen molar-refractivity contribution in [3.63, 3.8) is 0 Å². The fourth-order valence-electron chi connectivity index (χ4n) is 0.961. The van der Waals surface area contributed by atoms with Crippen LogP contribution in [0.4, 0.5) is 8.78 Å². The summed E-state index contributed by atoms with van der Waals surface area (Å²) < 4.78 is 30.2. The SMILES string of the molecule is CC(OC(=O)c1cc(F)c(F)cc1Cl)C(N)=O. The van der Waals surface area contributed by atoms with Gasteiger partial charge in [0.1, 0.15) is 0 Å². The average Bonchev–Trinajstić information content (AvgIpc) is 2.22. The number of rotatable bonds is 3. The molecule has 0 saturated heterocycles. The number of halogens is 3. The van der Waals surface area contributed by atoms with Crippen molar-refractivity contribution in [2.45, 2.75) is 13.0 Å². The molecule has 17 heavy (non-hydrogen) atoms. The van der Waals surface area contributed by atoms with Crippen LogP contribution in [0.25, 0.3) is 0 Å². The van der Waals surface area contributed by atoms with Crippen LogP contribution in [0.3, 0.4) is 0 Å². The van der Waals surface area contributed by atoms with Gasteiger partial charge in [-0.15, -0.1) is 0 Å². The third-order valence-corrected chi connectivity index (χ3v) is 2.23. The normalized spacial score (nSPS) is 12.0. The van der Waals surface area contributed by atoms with Crippen LogP contribution in [0.15, 0.2) is 12.1 Å². The van der Waals surface area contributed by atoms with E-state index in [1.807, 2.05) is 0 Å². The molecule has 1 amide bonds. The van der Waals surface area contributed by atoms with E-state index in [0.29, 0.717) is 12.1 Å². The lowest BCUT2D eigenvalue weighted by Crippen LogP contribution is -2.30. The maximum atomic E-state index is 12.9. The lowest BCUT2D eigenvalue weighted by atomic mass is 10.2. The molecule has 0 spiro atoms. The van der Waals surface area contributed by atoms with E-state index in [9.17, 15) is 18.4 Å². The van der Waals surface area contributed by atoms with Gasteiger partial charge in [0.2, 0.25) is 0 Å². The molecule has 0 aromatic heterocycles. The van der Waals surface area contributed by atoms with Crippen LogP contribution in [0, 0.1) is 11.6 Å². The molecule has 0 heterocycles. The summed E-state index contributed by atoms with van der Waals surface area (Å²) in [5, 5.41) is -0.314. The van der Waals surface area contributed by atoms with Gasteiger partial charge in [-0.3, -0.25) is 4.79 Å². The molecule has 2 N–H and O–H groups in total. The molecule has 1 rings (SSSR count). The predicted molar refractivity (Wildman–Crippen MR) is 55.4 cm³/mol. The molecule has 7 heteroatoms. The van der Waals surface area contributed by atoms with E-state index in [1.54, 1.807) is 0 Å². The van der Waals surface area contributed by atoms with Gasteiger partial charge in [0.15, 0.2) is 17.7 Å². The number of nitrogens with two attached hydrogens (primary N) is 1. The third-order valence-electron chi connectivity index (χ3n) is 1.91. The van der Waals surface area contributed by atoms with E-state index in [1.165, 1.54) is 6.92 Å². The van der Waals surface area contributed by atoms with Crippen molar-refractivity contribution in [2.24, 2.45) is 5.73 Å². The molecule has 0 aliphatic rings. The van der Waals surface area contributed by atoms with Crippen LogP contribution in [0.5, 0.6) is 0 Å². The molecule has 1 unspecified atom stereocenters. The average molecular weight is 264 g/mol. The zero-order valence-corrected chi connectivity index (χ0v) is 9.42. The van der Waals surface area contributed by atoms with Gasteiger partial charge < -0.3 is 10.5 Å². The first-order chi connectivity index (χ1) is 7.82. The number of benzene rings is 1. The molecule has 0 bridgehead atoms. The Balaban J connectivity index is 2.97. The molecule has 4 nitrogen and oxygen atoms in total. The summed E-state index contributed by atoms with van der Waals surface area (Å²) in [7, 11) is 0. The Morgan fingerprint density at radius 1 is 1.35 bits per heavy atom. The van der Waals surface area contributed by atoms with Crippen molar-refractivity contribution in [3.05, 3.63) is 34.4 Å². The monoisotopic (exact) mass is 263 g/mol. The lowest BCUT2D eigenvalue weighted by molar-refractivity contribution is -0.125. The van der Waals surface area contributed by atoms with Gasteiger partial charge >= 0.3 is 5.97 Å². The molecular weight excluding hydrogens is 256 g/mol. The second kappa shape index (κ2) is 5.09. The first-order valence-corrected chi connectivity index (χ1v) is 4.85. The van der Waals surface area contributed by atoms with Crippen LogP contribution in [-0.4, -0.2) is 18.0 Å².